The summed E-state index contributed by atoms with van der Waals surface area (Å²) in [4.78, 5) is 77.9. The molecule has 6 saturated carbocycles. The van der Waals surface area contributed by atoms with Crippen molar-refractivity contribution in [3.05, 3.63) is 35.5 Å². The van der Waals surface area contributed by atoms with Crippen LogP contribution in [-0.4, -0.2) is 58.5 Å². The van der Waals surface area contributed by atoms with E-state index in [1.165, 1.54) is 5.57 Å². The third-order valence-corrected chi connectivity index (χ3v) is 17.5. The van der Waals surface area contributed by atoms with Crippen LogP contribution in [0.25, 0.3) is 0 Å². The van der Waals surface area contributed by atoms with Gasteiger partial charge in [-0.25, -0.2) is 0 Å². The van der Waals surface area contributed by atoms with Gasteiger partial charge in [-0.2, -0.15) is 0 Å². The number of esters is 2. The lowest BCUT2D eigenvalue weighted by Gasteiger charge is -2.59. The Kier molecular flexibility index (Phi) is 9.45. The largest absolute Gasteiger partial charge is 0.462 e. The van der Waals surface area contributed by atoms with Gasteiger partial charge in [0.2, 0.25) is 5.78 Å². The van der Waals surface area contributed by atoms with Crippen LogP contribution in [0.15, 0.2) is 35.5 Å². The molecule has 6 unspecified atom stereocenters. The van der Waals surface area contributed by atoms with E-state index >= 15 is 0 Å². The minimum absolute atomic E-state index is 0.00903. The van der Waals surface area contributed by atoms with Crippen LogP contribution >= 0.6 is 0 Å². The molecule has 0 aliphatic heterocycles. The van der Waals surface area contributed by atoms with Crippen molar-refractivity contribution < 1.29 is 43.3 Å². The monoisotopic (exact) mass is 756 g/mol. The first-order valence-electron chi connectivity index (χ1n) is 21.3. The number of fused-ring (bicyclic) bond motifs is 10. The summed E-state index contributed by atoms with van der Waals surface area (Å²) in [5.74, 6) is 0.413. The van der Waals surface area contributed by atoms with Gasteiger partial charge in [0.25, 0.3) is 0 Å². The van der Waals surface area contributed by atoms with Crippen molar-refractivity contribution in [3.63, 3.8) is 0 Å². The normalized spacial score (nSPS) is 45.5. The van der Waals surface area contributed by atoms with E-state index in [9.17, 15) is 33.9 Å². The molecule has 0 amide bonds. The Bertz CT molecular complexity index is 1800. The van der Waals surface area contributed by atoms with Crippen molar-refractivity contribution in [2.24, 2.45) is 63.1 Å². The summed E-state index contributed by atoms with van der Waals surface area (Å²) >= 11 is 0. The maximum absolute atomic E-state index is 13.9. The number of ether oxygens (including phenoxy) is 2. The molecule has 1 N–H and O–H groups in total. The highest BCUT2D eigenvalue weighted by atomic mass is 16.5. The van der Waals surface area contributed by atoms with Gasteiger partial charge < -0.3 is 14.6 Å². The fourth-order valence-corrected chi connectivity index (χ4v) is 14.5. The van der Waals surface area contributed by atoms with Gasteiger partial charge >= 0.3 is 11.9 Å². The molecular weight excluding hydrogens is 696 g/mol. The Morgan fingerprint density at radius 1 is 0.836 bits per heavy atom. The molecule has 55 heavy (non-hydrogen) atoms. The first kappa shape index (κ1) is 38.7. The van der Waals surface area contributed by atoms with E-state index in [-0.39, 0.29) is 90.1 Å². The molecule has 0 aromatic rings. The highest BCUT2D eigenvalue weighted by Crippen LogP contribution is 2.68. The number of hydrogen-bond acceptors (Lipinski definition) is 9. The SMILES string of the molecule is C[C@@H]1CC2=CC(=O)CC[C@]2(C)C2CC[C@@]3(C)C(CC[C@@H]3OC(=O)CCCC(=O)OCC(=O)[C@@]3(O)CCC4C5CCC6=CC(=O)C=C[C@]6(C)C5C(=O)C[C@@]43C)C21. The molecule has 298 valence electrons. The van der Waals surface area contributed by atoms with Gasteiger partial charge in [-0.3, -0.25) is 28.8 Å². The molecule has 0 saturated heterocycles. The number of rotatable bonds is 8. The zero-order valence-electron chi connectivity index (χ0n) is 33.5. The number of hydrogen-bond donors (Lipinski definition) is 1. The quantitative estimate of drug-likeness (QED) is 0.255. The predicted molar refractivity (Wildman–Crippen MR) is 203 cm³/mol. The first-order chi connectivity index (χ1) is 25.9. The van der Waals surface area contributed by atoms with Crippen LogP contribution in [0, 0.1) is 63.1 Å². The van der Waals surface area contributed by atoms with Crippen molar-refractivity contribution in [1.29, 1.82) is 0 Å². The van der Waals surface area contributed by atoms with E-state index in [1.54, 1.807) is 12.2 Å². The van der Waals surface area contributed by atoms with Crippen molar-refractivity contribution >= 4 is 35.1 Å². The number of allylic oxidation sites excluding steroid dienone is 5. The zero-order valence-corrected chi connectivity index (χ0v) is 33.5. The Labute approximate surface area is 325 Å². The molecule has 13 atom stereocenters. The van der Waals surface area contributed by atoms with Gasteiger partial charge in [0.15, 0.2) is 18.2 Å². The Morgan fingerprint density at radius 2 is 1.58 bits per heavy atom. The summed E-state index contributed by atoms with van der Waals surface area (Å²) in [6.07, 6.45) is 16.0. The van der Waals surface area contributed by atoms with Gasteiger partial charge in [0.1, 0.15) is 17.5 Å². The van der Waals surface area contributed by atoms with E-state index in [2.05, 4.69) is 20.8 Å². The van der Waals surface area contributed by atoms with Crippen molar-refractivity contribution in [2.75, 3.05) is 6.61 Å². The first-order valence-corrected chi connectivity index (χ1v) is 21.3. The molecule has 0 radical (unpaired) electrons. The maximum atomic E-state index is 13.9. The minimum atomic E-state index is -1.78. The smallest absolute Gasteiger partial charge is 0.306 e. The molecule has 0 aromatic carbocycles. The summed E-state index contributed by atoms with van der Waals surface area (Å²) in [7, 11) is 0. The van der Waals surface area contributed by atoms with Gasteiger partial charge in [0, 0.05) is 47.8 Å². The summed E-state index contributed by atoms with van der Waals surface area (Å²) in [6.45, 7) is 10.3. The molecule has 6 fully saturated rings. The third-order valence-electron chi connectivity index (χ3n) is 17.5. The lowest BCUT2D eigenvalue weighted by atomic mass is 9.45. The Hall–Kier alpha value is -3.20. The third kappa shape index (κ3) is 5.85. The molecule has 8 aliphatic carbocycles. The van der Waals surface area contributed by atoms with Crippen LogP contribution in [0.2, 0.25) is 0 Å². The van der Waals surface area contributed by atoms with Crippen LogP contribution in [0.1, 0.15) is 131 Å². The van der Waals surface area contributed by atoms with Crippen LogP contribution < -0.4 is 0 Å². The minimum Gasteiger partial charge on any atom is -0.462 e. The average Bonchev–Trinajstić information content (AvgIpc) is 3.60. The summed E-state index contributed by atoms with van der Waals surface area (Å²) in [6, 6.07) is 0. The average molecular weight is 757 g/mol. The summed E-state index contributed by atoms with van der Waals surface area (Å²) < 4.78 is 11.6. The molecular formula is C46H60O9. The van der Waals surface area contributed by atoms with Crippen molar-refractivity contribution in [2.45, 2.75) is 143 Å². The van der Waals surface area contributed by atoms with Crippen LogP contribution in [0.3, 0.4) is 0 Å². The number of carbonyl (C=O) groups is 6. The van der Waals surface area contributed by atoms with E-state index in [1.807, 2.05) is 26.0 Å². The lowest BCUT2D eigenvalue weighted by molar-refractivity contribution is -0.172. The van der Waals surface area contributed by atoms with Crippen LogP contribution in [0.5, 0.6) is 0 Å². The molecule has 0 spiro atoms. The molecule has 8 rings (SSSR count). The second-order valence-electron chi connectivity index (χ2n) is 20.0. The number of aliphatic hydroxyl groups is 1. The number of Topliss-reactive ketones (excluding diaryl/α,β-unsaturated/α-hetero) is 2. The number of carbonyl (C=O) groups excluding carboxylic acids is 6. The topological polar surface area (TPSA) is 141 Å². The van der Waals surface area contributed by atoms with Gasteiger partial charge in [0.05, 0.1) is 0 Å². The van der Waals surface area contributed by atoms with Gasteiger partial charge in [-0.15, -0.1) is 0 Å². The molecule has 9 nitrogen and oxygen atoms in total. The van der Waals surface area contributed by atoms with Gasteiger partial charge in [-0.05, 0) is 130 Å². The molecule has 0 heterocycles. The number of ketones is 4. The molecule has 0 aromatic heterocycles. The Morgan fingerprint density at radius 3 is 2.36 bits per heavy atom. The molecule has 0 bridgehead atoms. The summed E-state index contributed by atoms with van der Waals surface area (Å²) in [5.41, 5.74) is -0.949. The zero-order chi connectivity index (χ0) is 39.3. The standard InChI is InChI=1S/C46H60O9/c1-26-21-28-23-30(48)13-17-42(28,2)34-15-19-44(4)33(40(26)34)11-12-37(44)55-39(52)8-6-7-38(51)54-25-36(50)46(53)20-16-32-31-10-9-27-22-29(47)14-18-43(27,3)41(31)35(49)24-45(32,46)5/h14,18,22-23,26,31-34,37,40-41,53H,6-13,15-17,19-21,24-25H2,1-5H3/t26-,31?,32?,33?,34?,37+,40?,41?,42+,43+,44+,45+,46+/m1/s1. The Balaban J connectivity index is 0.822. The fraction of sp³-hybridized carbons (Fsp3) is 0.739. The molecule has 9 heteroatoms. The predicted octanol–water partition coefficient (Wildman–Crippen LogP) is 7.18. The van der Waals surface area contributed by atoms with E-state index in [0.717, 1.165) is 50.5 Å². The van der Waals surface area contributed by atoms with Gasteiger partial charge in [-0.1, -0.05) is 51.8 Å². The second kappa shape index (κ2) is 13.4. The molecule has 8 aliphatic rings. The van der Waals surface area contributed by atoms with E-state index in [4.69, 9.17) is 9.47 Å². The maximum Gasteiger partial charge on any atom is 0.306 e. The summed E-state index contributed by atoms with van der Waals surface area (Å²) in [5, 5.41) is 12.0. The highest BCUT2D eigenvalue weighted by Gasteiger charge is 2.68. The fourth-order valence-electron chi connectivity index (χ4n) is 14.5. The van der Waals surface area contributed by atoms with Crippen LogP contribution in [0.4, 0.5) is 0 Å². The highest BCUT2D eigenvalue weighted by molar-refractivity contribution is 6.02. The lowest BCUT2D eigenvalue weighted by Crippen LogP contribution is -2.60. The van der Waals surface area contributed by atoms with Crippen molar-refractivity contribution in [1.82, 2.24) is 0 Å². The van der Waals surface area contributed by atoms with Crippen molar-refractivity contribution in [3.8, 4) is 0 Å². The van der Waals surface area contributed by atoms with Crippen LogP contribution in [-0.2, 0) is 38.2 Å². The second-order valence-corrected chi connectivity index (χ2v) is 20.0. The van der Waals surface area contributed by atoms with E-state index in [0.29, 0.717) is 42.9 Å². The van der Waals surface area contributed by atoms with E-state index < -0.39 is 34.8 Å².